The molecule has 0 radical (unpaired) electrons. The van der Waals surface area contributed by atoms with Crippen molar-refractivity contribution in [1.29, 1.82) is 0 Å². The molecule has 0 amide bonds. The van der Waals surface area contributed by atoms with Crippen molar-refractivity contribution >= 4 is 27.5 Å². The SMILES string of the molecule is CCC(Br)/C(C)=C/CCl. The van der Waals surface area contributed by atoms with Gasteiger partial charge in [-0.2, -0.15) is 0 Å². The number of alkyl halides is 2. The molecule has 0 nitrogen and oxygen atoms in total. The van der Waals surface area contributed by atoms with E-state index in [2.05, 4.69) is 29.8 Å². The van der Waals surface area contributed by atoms with Crippen LogP contribution in [0.4, 0.5) is 0 Å². The molecule has 1 unspecified atom stereocenters. The largest absolute Gasteiger partial charge is 0.122 e. The first-order valence-corrected chi connectivity index (χ1v) is 4.54. The first-order valence-electron chi connectivity index (χ1n) is 3.09. The molecule has 0 bridgehead atoms. The first-order chi connectivity index (χ1) is 4.22. The standard InChI is InChI=1S/C7H12BrCl/c1-3-7(8)6(2)4-5-9/h4,7H,3,5H2,1-2H3/b6-4+. The van der Waals surface area contributed by atoms with Crippen molar-refractivity contribution in [3.05, 3.63) is 11.6 Å². The predicted molar refractivity (Wildman–Crippen MR) is 47.5 cm³/mol. The molecule has 0 heterocycles. The molecule has 2 heteroatoms. The summed E-state index contributed by atoms with van der Waals surface area (Å²) in [7, 11) is 0. The number of halogens is 2. The van der Waals surface area contributed by atoms with Crippen LogP contribution in [0.1, 0.15) is 20.3 Å². The Morgan fingerprint density at radius 1 is 1.78 bits per heavy atom. The topological polar surface area (TPSA) is 0 Å². The Hall–Kier alpha value is 0.510. The Labute approximate surface area is 70.4 Å². The highest BCUT2D eigenvalue weighted by atomic mass is 79.9. The van der Waals surface area contributed by atoms with Crippen molar-refractivity contribution < 1.29 is 0 Å². The van der Waals surface area contributed by atoms with Gasteiger partial charge in [0.2, 0.25) is 0 Å². The molecule has 0 aromatic carbocycles. The molecule has 1 atom stereocenters. The van der Waals surface area contributed by atoms with Crippen LogP contribution in [0.2, 0.25) is 0 Å². The zero-order chi connectivity index (χ0) is 7.28. The molecule has 54 valence electrons. The van der Waals surface area contributed by atoms with Crippen molar-refractivity contribution in [2.45, 2.75) is 25.1 Å². The van der Waals surface area contributed by atoms with Crippen LogP contribution < -0.4 is 0 Å². The van der Waals surface area contributed by atoms with Gasteiger partial charge in [0.1, 0.15) is 0 Å². The quantitative estimate of drug-likeness (QED) is 0.496. The summed E-state index contributed by atoms with van der Waals surface area (Å²) >= 11 is 9.02. The third-order valence-electron chi connectivity index (χ3n) is 1.25. The fourth-order valence-corrected chi connectivity index (χ4v) is 1.00. The lowest BCUT2D eigenvalue weighted by Gasteiger charge is -2.04. The van der Waals surface area contributed by atoms with Crippen molar-refractivity contribution in [3.63, 3.8) is 0 Å². The second-order valence-corrected chi connectivity index (χ2v) is 3.39. The normalized spacial score (nSPS) is 15.8. The van der Waals surface area contributed by atoms with Crippen molar-refractivity contribution in [1.82, 2.24) is 0 Å². The van der Waals surface area contributed by atoms with E-state index in [1.54, 1.807) is 0 Å². The lowest BCUT2D eigenvalue weighted by molar-refractivity contribution is 0.937. The third kappa shape index (κ3) is 3.99. The number of allylic oxidation sites excluding steroid dienone is 2. The van der Waals surface area contributed by atoms with Gasteiger partial charge >= 0.3 is 0 Å². The van der Waals surface area contributed by atoms with Gasteiger partial charge in [0.05, 0.1) is 0 Å². The molecule has 0 aliphatic carbocycles. The van der Waals surface area contributed by atoms with E-state index in [1.165, 1.54) is 5.57 Å². The summed E-state index contributed by atoms with van der Waals surface area (Å²) in [6, 6.07) is 0. The summed E-state index contributed by atoms with van der Waals surface area (Å²) in [4.78, 5) is 0.510. The van der Waals surface area contributed by atoms with Gasteiger partial charge in [0.15, 0.2) is 0 Å². The van der Waals surface area contributed by atoms with E-state index in [0.717, 1.165) is 6.42 Å². The molecule has 0 rings (SSSR count). The van der Waals surface area contributed by atoms with E-state index >= 15 is 0 Å². The Morgan fingerprint density at radius 2 is 2.33 bits per heavy atom. The van der Waals surface area contributed by atoms with Gasteiger partial charge in [0.25, 0.3) is 0 Å². The molecule has 0 spiro atoms. The molecular formula is C7H12BrCl. The number of hydrogen-bond acceptors (Lipinski definition) is 0. The van der Waals surface area contributed by atoms with Crippen molar-refractivity contribution in [2.24, 2.45) is 0 Å². The van der Waals surface area contributed by atoms with Crippen LogP contribution in [-0.2, 0) is 0 Å². The van der Waals surface area contributed by atoms with E-state index in [9.17, 15) is 0 Å². The van der Waals surface area contributed by atoms with Crippen LogP contribution in [0.5, 0.6) is 0 Å². The molecule has 0 aromatic rings. The second-order valence-electron chi connectivity index (χ2n) is 1.98. The van der Waals surface area contributed by atoms with Gasteiger partial charge in [0, 0.05) is 10.7 Å². The minimum absolute atomic E-state index is 0.510. The average Bonchev–Trinajstić information content (AvgIpc) is 1.87. The summed E-state index contributed by atoms with van der Waals surface area (Å²) in [6.07, 6.45) is 3.16. The van der Waals surface area contributed by atoms with E-state index in [-0.39, 0.29) is 0 Å². The molecule has 0 saturated heterocycles. The fourth-order valence-electron chi connectivity index (χ4n) is 0.572. The summed E-state index contributed by atoms with van der Waals surface area (Å²) in [6.45, 7) is 4.23. The Morgan fingerprint density at radius 3 is 2.67 bits per heavy atom. The monoisotopic (exact) mass is 210 g/mol. The zero-order valence-electron chi connectivity index (χ0n) is 5.82. The highest BCUT2D eigenvalue weighted by Gasteiger charge is 2.00. The van der Waals surface area contributed by atoms with Gasteiger partial charge < -0.3 is 0 Å². The van der Waals surface area contributed by atoms with E-state index < -0.39 is 0 Å². The van der Waals surface area contributed by atoms with Gasteiger partial charge in [-0.25, -0.2) is 0 Å². The van der Waals surface area contributed by atoms with E-state index in [4.69, 9.17) is 11.6 Å². The summed E-state index contributed by atoms with van der Waals surface area (Å²) in [5, 5.41) is 0. The van der Waals surface area contributed by atoms with Crippen LogP contribution in [0, 0.1) is 0 Å². The van der Waals surface area contributed by atoms with Gasteiger partial charge in [-0.05, 0) is 13.3 Å². The van der Waals surface area contributed by atoms with Crippen molar-refractivity contribution in [2.75, 3.05) is 5.88 Å². The smallest absolute Gasteiger partial charge is 0.0407 e. The van der Waals surface area contributed by atoms with Gasteiger partial charge in [-0.15, -0.1) is 11.6 Å². The third-order valence-corrected chi connectivity index (χ3v) is 2.78. The minimum Gasteiger partial charge on any atom is -0.122 e. The van der Waals surface area contributed by atoms with Crippen LogP contribution >= 0.6 is 27.5 Å². The number of rotatable bonds is 3. The Kier molecular flexibility index (Phi) is 5.61. The average molecular weight is 212 g/mol. The maximum Gasteiger partial charge on any atom is 0.0407 e. The highest BCUT2D eigenvalue weighted by molar-refractivity contribution is 9.09. The molecule has 0 aromatic heterocycles. The second kappa shape index (κ2) is 5.31. The summed E-state index contributed by atoms with van der Waals surface area (Å²) in [5.74, 6) is 0.619. The fraction of sp³-hybridized carbons (Fsp3) is 0.714. The summed E-state index contributed by atoms with van der Waals surface area (Å²) in [5.41, 5.74) is 1.33. The molecule has 0 aliphatic heterocycles. The van der Waals surface area contributed by atoms with Crippen LogP contribution in [0.15, 0.2) is 11.6 Å². The lowest BCUT2D eigenvalue weighted by Crippen LogP contribution is -1.96. The molecular weight excluding hydrogens is 199 g/mol. The van der Waals surface area contributed by atoms with Crippen molar-refractivity contribution in [3.8, 4) is 0 Å². The highest BCUT2D eigenvalue weighted by Crippen LogP contribution is 2.14. The van der Waals surface area contributed by atoms with Gasteiger partial charge in [-0.1, -0.05) is 34.5 Å². The lowest BCUT2D eigenvalue weighted by atomic mass is 10.2. The van der Waals surface area contributed by atoms with Crippen LogP contribution in [-0.4, -0.2) is 10.7 Å². The Balaban J connectivity index is 3.70. The predicted octanol–water partition coefficient (Wildman–Crippen LogP) is 3.35. The maximum atomic E-state index is 5.50. The van der Waals surface area contributed by atoms with Crippen LogP contribution in [0.25, 0.3) is 0 Å². The van der Waals surface area contributed by atoms with Crippen LogP contribution in [0.3, 0.4) is 0 Å². The molecule has 0 saturated carbocycles. The zero-order valence-corrected chi connectivity index (χ0v) is 8.17. The molecule has 0 aliphatic rings. The van der Waals surface area contributed by atoms with Gasteiger partial charge in [-0.3, -0.25) is 0 Å². The maximum absolute atomic E-state index is 5.50. The number of hydrogen-bond donors (Lipinski definition) is 0. The Bertz CT molecular complexity index is 99.1. The van der Waals surface area contributed by atoms with E-state index in [1.807, 2.05) is 6.08 Å². The minimum atomic E-state index is 0.510. The summed E-state index contributed by atoms with van der Waals surface area (Å²) < 4.78 is 0. The first kappa shape index (κ1) is 9.51. The van der Waals surface area contributed by atoms with E-state index in [0.29, 0.717) is 10.7 Å². The molecule has 9 heavy (non-hydrogen) atoms. The molecule has 0 N–H and O–H groups in total. The molecule has 0 fully saturated rings.